The monoisotopic (exact) mass is 442 g/mol. The molecule has 33 heavy (non-hydrogen) atoms. The molecule has 1 saturated heterocycles. The largest absolute Gasteiger partial charge is 0.422 e. The third-order valence-corrected chi connectivity index (χ3v) is 5.56. The molecule has 1 aliphatic heterocycles. The number of piperazine rings is 1. The van der Waals surface area contributed by atoms with E-state index in [4.69, 9.17) is 4.42 Å². The molecule has 1 fully saturated rings. The average molecular weight is 442 g/mol. The van der Waals surface area contributed by atoms with Gasteiger partial charge in [0.05, 0.1) is 0 Å². The van der Waals surface area contributed by atoms with E-state index in [1.54, 1.807) is 23.1 Å². The van der Waals surface area contributed by atoms with E-state index in [2.05, 4.69) is 25.4 Å². The zero-order valence-electron chi connectivity index (χ0n) is 18.1. The fraction of sp³-hybridized carbons (Fsp3) is 0.208. The highest BCUT2D eigenvalue weighted by molar-refractivity contribution is 5.96. The minimum Gasteiger partial charge on any atom is -0.422 e. The summed E-state index contributed by atoms with van der Waals surface area (Å²) in [7, 11) is 0. The summed E-state index contributed by atoms with van der Waals surface area (Å²) in [5, 5.41) is 12.4. The number of nitrogens with one attached hydrogen (secondary N) is 1. The van der Waals surface area contributed by atoms with Crippen molar-refractivity contribution in [1.82, 2.24) is 20.1 Å². The highest BCUT2D eigenvalue weighted by Crippen LogP contribution is 2.18. The van der Waals surface area contributed by atoms with Gasteiger partial charge >= 0.3 is 5.63 Å². The number of aryl methyl sites for hydroxylation is 1. The number of hydrogen-bond donors (Lipinski definition) is 1. The maximum absolute atomic E-state index is 13.0. The Kier molecular flexibility index (Phi) is 5.43. The van der Waals surface area contributed by atoms with Gasteiger partial charge in [0.2, 0.25) is 0 Å². The van der Waals surface area contributed by atoms with Crippen LogP contribution in [-0.4, -0.2) is 52.2 Å². The van der Waals surface area contributed by atoms with Crippen LogP contribution in [0.25, 0.3) is 11.0 Å². The second-order valence-electron chi connectivity index (χ2n) is 7.83. The SMILES string of the molecule is Cc1cccc(Nc2ccc(N3CCN(C(=O)c4cc5ccccc5oc4=O)CC3)nn2)n1. The molecule has 0 radical (unpaired) electrons. The molecule has 0 aliphatic carbocycles. The third-order valence-electron chi connectivity index (χ3n) is 5.56. The molecule has 0 bridgehead atoms. The Morgan fingerprint density at radius 3 is 2.52 bits per heavy atom. The molecule has 3 aromatic heterocycles. The summed E-state index contributed by atoms with van der Waals surface area (Å²) in [5.41, 5.74) is 0.831. The molecule has 0 spiro atoms. The van der Waals surface area contributed by atoms with Crippen molar-refractivity contribution >= 4 is 34.3 Å². The molecule has 4 aromatic rings. The van der Waals surface area contributed by atoms with Crippen molar-refractivity contribution in [3.05, 3.63) is 82.3 Å². The van der Waals surface area contributed by atoms with Crippen LogP contribution in [-0.2, 0) is 0 Å². The van der Waals surface area contributed by atoms with Gasteiger partial charge < -0.3 is 19.5 Å². The summed E-state index contributed by atoms with van der Waals surface area (Å²) >= 11 is 0. The molecule has 0 atom stereocenters. The first kappa shape index (κ1) is 20.6. The summed E-state index contributed by atoms with van der Waals surface area (Å²) in [6, 6.07) is 18.2. The molecule has 166 valence electrons. The first-order chi connectivity index (χ1) is 16.1. The molecular formula is C24H22N6O3. The fourth-order valence-corrected chi connectivity index (χ4v) is 3.82. The Balaban J connectivity index is 1.23. The Morgan fingerprint density at radius 1 is 0.939 bits per heavy atom. The predicted molar refractivity (Wildman–Crippen MR) is 125 cm³/mol. The molecule has 0 unspecified atom stereocenters. The molecular weight excluding hydrogens is 420 g/mol. The number of amides is 1. The minimum absolute atomic E-state index is 0.0575. The van der Waals surface area contributed by atoms with Crippen molar-refractivity contribution in [2.45, 2.75) is 6.92 Å². The van der Waals surface area contributed by atoms with Gasteiger partial charge in [-0.15, -0.1) is 10.2 Å². The number of pyridine rings is 1. The summed E-state index contributed by atoms with van der Waals surface area (Å²) in [6.07, 6.45) is 0. The van der Waals surface area contributed by atoms with Crippen molar-refractivity contribution < 1.29 is 9.21 Å². The number of carbonyl (C=O) groups excluding carboxylic acids is 1. The van der Waals surface area contributed by atoms with Crippen molar-refractivity contribution in [2.75, 3.05) is 36.4 Å². The fourth-order valence-electron chi connectivity index (χ4n) is 3.82. The smallest absolute Gasteiger partial charge is 0.349 e. The molecule has 5 rings (SSSR count). The Morgan fingerprint density at radius 2 is 1.76 bits per heavy atom. The number of para-hydroxylation sites is 1. The molecule has 4 heterocycles. The van der Waals surface area contributed by atoms with Gasteiger partial charge in [-0.1, -0.05) is 24.3 Å². The van der Waals surface area contributed by atoms with Gasteiger partial charge in [0.15, 0.2) is 11.6 Å². The van der Waals surface area contributed by atoms with Gasteiger partial charge in [0.25, 0.3) is 5.91 Å². The zero-order chi connectivity index (χ0) is 22.8. The highest BCUT2D eigenvalue weighted by atomic mass is 16.4. The van der Waals surface area contributed by atoms with E-state index in [0.717, 1.165) is 16.9 Å². The van der Waals surface area contributed by atoms with Crippen molar-refractivity contribution in [3.8, 4) is 0 Å². The number of carbonyl (C=O) groups is 1. The van der Waals surface area contributed by atoms with E-state index in [-0.39, 0.29) is 11.5 Å². The lowest BCUT2D eigenvalue weighted by molar-refractivity contribution is 0.0742. The van der Waals surface area contributed by atoms with Gasteiger partial charge in [0.1, 0.15) is 17.0 Å². The summed E-state index contributed by atoms with van der Waals surface area (Å²) in [4.78, 5) is 33.4. The average Bonchev–Trinajstić information content (AvgIpc) is 2.84. The zero-order valence-corrected chi connectivity index (χ0v) is 18.1. The second kappa shape index (κ2) is 8.70. The van der Waals surface area contributed by atoms with Crippen LogP contribution < -0.4 is 15.8 Å². The Labute approximate surface area is 189 Å². The van der Waals surface area contributed by atoms with E-state index in [9.17, 15) is 9.59 Å². The lowest BCUT2D eigenvalue weighted by atomic mass is 10.1. The van der Waals surface area contributed by atoms with E-state index < -0.39 is 5.63 Å². The van der Waals surface area contributed by atoms with Gasteiger partial charge in [-0.3, -0.25) is 4.79 Å². The summed E-state index contributed by atoms with van der Waals surface area (Å²) in [5.74, 6) is 1.73. The molecule has 1 amide bonds. The molecule has 1 aliphatic rings. The number of fused-ring (bicyclic) bond motifs is 1. The first-order valence-corrected chi connectivity index (χ1v) is 10.7. The van der Waals surface area contributed by atoms with Crippen LogP contribution in [0.2, 0.25) is 0 Å². The number of hydrogen-bond acceptors (Lipinski definition) is 8. The van der Waals surface area contributed by atoms with E-state index in [0.29, 0.717) is 43.4 Å². The number of nitrogens with zero attached hydrogens (tertiary/aromatic N) is 5. The van der Waals surface area contributed by atoms with Crippen LogP contribution in [0.5, 0.6) is 0 Å². The minimum atomic E-state index is -0.613. The lowest BCUT2D eigenvalue weighted by Gasteiger charge is -2.35. The summed E-state index contributed by atoms with van der Waals surface area (Å²) in [6.45, 7) is 4.05. The maximum Gasteiger partial charge on any atom is 0.349 e. The normalized spacial score (nSPS) is 13.8. The van der Waals surface area contributed by atoms with Crippen LogP contribution in [0.3, 0.4) is 0 Å². The van der Waals surface area contributed by atoms with Gasteiger partial charge in [-0.2, -0.15) is 0 Å². The van der Waals surface area contributed by atoms with Crippen molar-refractivity contribution in [2.24, 2.45) is 0 Å². The van der Waals surface area contributed by atoms with Crippen LogP contribution in [0.1, 0.15) is 16.1 Å². The van der Waals surface area contributed by atoms with Crippen LogP contribution in [0.15, 0.2) is 69.9 Å². The van der Waals surface area contributed by atoms with Crippen LogP contribution in [0, 0.1) is 6.92 Å². The molecule has 1 N–H and O–H groups in total. The van der Waals surface area contributed by atoms with E-state index >= 15 is 0 Å². The molecule has 9 nitrogen and oxygen atoms in total. The number of benzene rings is 1. The number of anilines is 3. The molecule has 9 heteroatoms. The summed E-state index contributed by atoms with van der Waals surface area (Å²) < 4.78 is 5.31. The van der Waals surface area contributed by atoms with Crippen molar-refractivity contribution in [1.29, 1.82) is 0 Å². The Bertz CT molecular complexity index is 1360. The Hall–Kier alpha value is -4.27. The number of rotatable bonds is 4. The van der Waals surface area contributed by atoms with Crippen LogP contribution in [0.4, 0.5) is 17.5 Å². The second-order valence-corrected chi connectivity index (χ2v) is 7.83. The van der Waals surface area contributed by atoms with Crippen LogP contribution >= 0.6 is 0 Å². The highest BCUT2D eigenvalue weighted by Gasteiger charge is 2.25. The number of aromatic nitrogens is 3. The lowest BCUT2D eigenvalue weighted by Crippen LogP contribution is -2.49. The third kappa shape index (κ3) is 4.38. The predicted octanol–water partition coefficient (Wildman–Crippen LogP) is 2.99. The molecule has 0 saturated carbocycles. The van der Waals surface area contributed by atoms with Crippen molar-refractivity contribution in [3.63, 3.8) is 0 Å². The van der Waals surface area contributed by atoms with E-state index in [1.807, 2.05) is 49.4 Å². The maximum atomic E-state index is 13.0. The van der Waals surface area contributed by atoms with E-state index in [1.165, 1.54) is 0 Å². The standard InChI is InChI=1S/C24H22N6O3/c1-16-5-4-8-20(25-16)26-21-9-10-22(28-27-21)29-11-13-30(14-12-29)23(31)18-15-17-6-2-3-7-19(17)33-24(18)32/h2-10,15H,11-14H2,1H3,(H,25,26,27). The first-order valence-electron chi connectivity index (χ1n) is 10.7. The van der Waals surface area contributed by atoms with Gasteiger partial charge in [-0.05, 0) is 43.3 Å². The van der Waals surface area contributed by atoms with Gasteiger partial charge in [-0.25, -0.2) is 9.78 Å². The quantitative estimate of drug-likeness (QED) is 0.481. The van der Waals surface area contributed by atoms with Gasteiger partial charge in [0, 0.05) is 37.3 Å². The molecule has 1 aromatic carbocycles. The topological polar surface area (TPSA) is 104 Å².